The van der Waals surface area contributed by atoms with E-state index >= 15 is 0 Å². The third-order valence-electron chi connectivity index (χ3n) is 3.50. The molecule has 0 bridgehead atoms. The van der Waals surface area contributed by atoms with Crippen LogP contribution in [0.1, 0.15) is 5.56 Å². The molecule has 1 saturated heterocycles. The number of aromatic nitrogens is 1. The first-order valence-electron chi connectivity index (χ1n) is 6.33. The molecule has 3 rings (SSSR count). The van der Waals surface area contributed by atoms with Gasteiger partial charge in [-0.15, -0.1) is 0 Å². The summed E-state index contributed by atoms with van der Waals surface area (Å²) in [6.45, 7) is 5.90. The molecule has 0 aliphatic carbocycles. The van der Waals surface area contributed by atoms with E-state index in [1.807, 2.05) is 13.0 Å². The summed E-state index contributed by atoms with van der Waals surface area (Å²) in [5.41, 5.74) is 2.86. The van der Waals surface area contributed by atoms with E-state index in [9.17, 15) is 4.79 Å². The maximum atomic E-state index is 11.6. The predicted molar refractivity (Wildman–Crippen MR) is 74.4 cm³/mol. The standard InChI is InChI=1S/C14H17N3O/c1-10-8-11-2-3-12(9-13(11)16-14(10)18)17-6-4-15-5-7-17/h2-3,8-9,15H,4-7H2,1H3,(H,16,18). The lowest BCUT2D eigenvalue weighted by Gasteiger charge is -2.29. The molecule has 0 amide bonds. The van der Waals surface area contributed by atoms with Crippen LogP contribution in [0.5, 0.6) is 0 Å². The smallest absolute Gasteiger partial charge is 0.251 e. The van der Waals surface area contributed by atoms with Gasteiger partial charge < -0.3 is 15.2 Å². The first kappa shape index (κ1) is 11.3. The molecule has 1 aromatic carbocycles. The fraction of sp³-hybridized carbons (Fsp3) is 0.357. The number of nitrogens with zero attached hydrogens (tertiary/aromatic N) is 1. The van der Waals surface area contributed by atoms with E-state index in [1.165, 1.54) is 5.69 Å². The highest BCUT2D eigenvalue weighted by atomic mass is 16.1. The molecule has 0 radical (unpaired) electrons. The summed E-state index contributed by atoms with van der Waals surface area (Å²) in [6, 6.07) is 8.22. The summed E-state index contributed by atoms with van der Waals surface area (Å²) in [5.74, 6) is 0. The average molecular weight is 243 g/mol. The largest absolute Gasteiger partial charge is 0.369 e. The van der Waals surface area contributed by atoms with E-state index in [4.69, 9.17) is 0 Å². The zero-order chi connectivity index (χ0) is 12.5. The van der Waals surface area contributed by atoms with Crippen molar-refractivity contribution in [2.45, 2.75) is 6.92 Å². The Kier molecular flexibility index (Phi) is 2.80. The van der Waals surface area contributed by atoms with Crippen molar-refractivity contribution in [3.63, 3.8) is 0 Å². The van der Waals surface area contributed by atoms with Gasteiger partial charge in [-0.2, -0.15) is 0 Å². The van der Waals surface area contributed by atoms with Crippen LogP contribution in [0.2, 0.25) is 0 Å². The number of rotatable bonds is 1. The van der Waals surface area contributed by atoms with Gasteiger partial charge in [-0.3, -0.25) is 4.79 Å². The lowest BCUT2D eigenvalue weighted by atomic mass is 10.1. The van der Waals surface area contributed by atoms with Crippen molar-refractivity contribution in [1.29, 1.82) is 0 Å². The number of hydrogen-bond acceptors (Lipinski definition) is 3. The second-order valence-corrected chi connectivity index (χ2v) is 4.79. The molecule has 1 fully saturated rings. The Bertz CT molecular complexity index is 626. The van der Waals surface area contributed by atoms with E-state index in [-0.39, 0.29) is 5.56 Å². The van der Waals surface area contributed by atoms with Gasteiger partial charge in [0.05, 0.1) is 5.52 Å². The van der Waals surface area contributed by atoms with Crippen molar-refractivity contribution < 1.29 is 0 Å². The van der Waals surface area contributed by atoms with Gasteiger partial charge in [0.2, 0.25) is 0 Å². The molecule has 0 atom stereocenters. The van der Waals surface area contributed by atoms with Gasteiger partial charge in [-0.1, -0.05) is 6.07 Å². The quantitative estimate of drug-likeness (QED) is 0.792. The van der Waals surface area contributed by atoms with Crippen molar-refractivity contribution in [1.82, 2.24) is 10.3 Å². The second kappa shape index (κ2) is 4.46. The predicted octanol–water partition coefficient (Wildman–Crippen LogP) is 1.25. The highest BCUT2D eigenvalue weighted by Crippen LogP contribution is 2.20. The molecule has 2 aromatic rings. The number of aryl methyl sites for hydroxylation is 1. The molecule has 1 aliphatic rings. The Balaban J connectivity index is 2.04. The number of aromatic amines is 1. The normalized spacial score (nSPS) is 16.2. The summed E-state index contributed by atoms with van der Waals surface area (Å²) in [6.07, 6.45) is 0. The maximum Gasteiger partial charge on any atom is 0.251 e. The number of H-pyrrole nitrogens is 1. The minimum Gasteiger partial charge on any atom is -0.369 e. The van der Waals surface area contributed by atoms with Crippen LogP contribution in [0.4, 0.5) is 5.69 Å². The van der Waals surface area contributed by atoms with Crippen LogP contribution >= 0.6 is 0 Å². The van der Waals surface area contributed by atoms with E-state index in [2.05, 4.69) is 33.4 Å². The molecule has 0 saturated carbocycles. The van der Waals surface area contributed by atoms with E-state index < -0.39 is 0 Å². The van der Waals surface area contributed by atoms with Gasteiger partial charge in [-0.05, 0) is 30.5 Å². The zero-order valence-corrected chi connectivity index (χ0v) is 10.5. The van der Waals surface area contributed by atoms with Crippen LogP contribution in [0, 0.1) is 6.92 Å². The molecule has 1 aliphatic heterocycles. The van der Waals surface area contributed by atoms with Crippen LogP contribution in [-0.4, -0.2) is 31.2 Å². The minimum absolute atomic E-state index is 0.0000363. The SMILES string of the molecule is Cc1cc2ccc(N3CCNCC3)cc2[nH]c1=O. The van der Waals surface area contributed by atoms with Crippen LogP contribution in [0.15, 0.2) is 29.1 Å². The summed E-state index contributed by atoms with van der Waals surface area (Å²) >= 11 is 0. The summed E-state index contributed by atoms with van der Waals surface area (Å²) in [5, 5.41) is 4.43. The van der Waals surface area contributed by atoms with Gasteiger partial charge >= 0.3 is 0 Å². The number of fused-ring (bicyclic) bond motifs is 1. The Morgan fingerprint density at radius 3 is 2.72 bits per heavy atom. The topological polar surface area (TPSA) is 48.1 Å². The van der Waals surface area contributed by atoms with Gasteiger partial charge in [0.25, 0.3) is 5.56 Å². The Morgan fingerprint density at radius 1 is 1.17 bits per heavy atom. The van der Waals surface area contributed by atoms with Crippen LogP contribution in [0.25, 0.3) is 10.9 Å². The minimum atomic E-state index is -0.0000363. The molecule has 0 spiro atoms. The summed E-state index contributed by atoms with van der Waals surface area (Å²) < 4.78 is 0. The average Bonchev–Trinajstić information content (AvgIpc) is 2.41. The van der Waals surface area contributed by atoms with Gasteiger partial charge in [-0.25, -0.2) is 0 Å². The number of nitrogens with one attached hydrogen (secondary N) is 2. The van der Waals surface area contributed by atoms with Crippen molar-refractivity contribution >= 4 is 16.6 Å². The molecule has 4 heteroatoms. The lowest BCUT2D eigenvalue weighted by molar-refractivity contribution is 0.589. The van der Waals surface area contributed by atoms with Crippen molar-refractivity contribution in [2.75, 3.05) is 31.1 Å². The van der Waals surface area contributed by atoms with E-state index in [1.54, 1.807) is 0 Å². The highest BCUT2D eigenvalue weighted by Gasteiger charge is 2.10. The van der Waals surface area contributed by atoms with Crippen molar-refractivity contribution in [3.05, 3.63) is 40.2 Å². The van der Waals surface area contributed by atoms with Gasteiger partial charge in [0.15, 0.2) is 0 Å². The molecular formula is C14H17N3O. The van der Waals surface area contributed by atoms with Crippen LogP contribution < -0.4 is 15.8 Å². The molecule has 0 unspecified atom stereocenters. The number of hydrogen-bond donors (Lipinski definition) is 2. The van der Waals surface area contributed by atoms with E-state index in [0.29, 0.717) is 0 Å². The molecule has 2 N–H and O–H groups in total. The Hall–Kier alpha value is -1.81. The zero-order valence-electron chi connectivity index (χ0n) is 10.5. The third-order valence-corrected chi connectivity index (χ3v) is 3.50. The molecule has 18 heavy (non-hydrogen) atoms. The maximum absolute atomic E-state index is 11.6. The molecule has 1 aromatic heterocycles. The molecule has 94 valence electrons. The van der Waals surface area contributed by atoms with Crippen molar-refractivity contribution in [2.24, 2.45) is 0 Å². The lowest BCUT2D eigenvalue weighted by Crippen LogP contribution is -2.43. The Labute approximate surface area is 106 Å². The fourth-order valence-electron chi connectivity index (χ4n) is 2.42. The number of anilines is 1. The molecule has 2 heterocycles. The first-order chi connectivity index (χ1) is 8.74. The third kappa shape index (κ3) is 1.99. The molecule has 4 nitrogen and oxygen atoms in total. The number of pyridine rings is 1. The van der Waals surface area contributed by atoms with Gasteiger partial charge in [0, 0.05) is 37.4 Å². The van der Waals surface area contributed by atoms with Crippen LogP contribution in [0.3, 0.4) is 0 Å². The summed E-state index contributed by atoms with van der Waals surface area (Å²) in [4.78, 5) is 16.9. The monoisotopic (exact) mass is 243 g/mol. The van der Waals surface area contributed by atoms with Crippen LogP contribution in [-0.2, 0) is 0 Å². The van der Waals surface area contributed by atoms with Crippen molar-refractivity contribution in [3.8, 4) is 0 Å². The summed E-state index contributed by atoms with van der Waals surface area (Å²) in [7, 11) is 0. The fourth-order valence-corrected chi connectivity index (χ4v) is 2.42. The Morgan fingerprint density at radius 2 is 1.94 bits per heavy atom. The number of benzene rings is 1. The second-order valence-electron chi connectivity index (χ2n) is 4.79. The molecular weight excluding hydrogens is 226 g/mol. The highest BCUT2D eigenvalue weighted by molar-refractivity contribution is 5.82. The van der Waals surface area contributed by atoms with E-state index in [0.717, 1.165) is 42.6 Å². The number of piperazine rings is 1. The first-order valence-corrected chi connectivity index (χ1v) is 6.33. The van der Waals surface area contributed by atoms with Gasteiger partial charge in [0.1, 0.15) is 0 Å².